The summed E-state index contributed by atoms with van der Waals surface area (Å²) in [6.45, 7) is 1.76. The average Bonchev–Trinajstić information content (AvgIpc) is 2.38. The minimum absolute atomic E-state index is 0.121. The number of hydrogen-bond acceptors (Lipinski definition) is 5. The molecule has 0 aliphatic carbocycles. The van der Waals surface area contributed by atoms with E-state index in [0.717, 1.165) is 5.56 Å². The van der Waals surface area contributed by atoms with Gasteiger partial charge in [-0.05, 0) is 19.1 Å². The Morgan fingerprint density at radius 2 is 1.89 bits per heavy atom. The summed E-state index contributed by atoms with van der Waals surface area (Å²) < 4.78 is 28.6. The molecule has 6 heteroatoms. The van der Waals surface area contributed by atoms with Gasteiger partial charge in [0.15, 0.2) is 0 Å². The van der Waals surface area contributed by atoms with Crippen molar-refractivity contribution in [3.63, 3.8) is 0 Å². The lowest BCUT2D eigenvalue weighted by Gasteiger charge is -2.05. The van der Waals surface area contributed by atoms with Crippen molar-refractivity contribution in [1.82, 2.24) is 9.97 Å². The Hall–Kier alpha value is -1.79. The molecule has 1 aromatic heterocycles. The molecule has 0 saturated heterocycles. The summed E-state index contributed by atoms with van der Waals surface area (Å²) in [5.74, 6) is 0. The van der Waals surface area contributed by atoms with Gasteiger partial charge in [-0.15, -0.1) is 0 Å². The first-order valence-electron chi connectivity index (χ1n) is 5.29. The van der Waals surface area contributed by atoms with Crippen molar-refractivity contribution in [2.45, 2.75) is 18.4 Å². The van der Waals surface area contributed by atoms with E-state index < -0.39 is 10.1 Å². The molecule has 0 atom stereocenters. The van der Waals surface area contributed by atoms with Crippen LogP contribution in [-0.4, -0.2) is 18.4 Å². The SMILES string of the molecule is Cc1ccc(S(=O)(=O)OCc2cnccn2)cc1. The number of aromatic nitrogens is 2. The lowest BCUT2D eigenvalue weighted by atomic mass is 10.2. The lowest BCUT2D eigenvalue weighted by Crippen LogP contribution is -2.07. The molecule has 2 aromatic rings. The molecule has 0 bridgehead atoms. The van der Waals surface area contributed by atoms with E-state index in [4.69, 9.17) is 4.18 Å². The van der Waals surface area contributed by atoms with Gasteiger partial charge in [-0.2, -0.15) is 8.42 Å². The van der Waals surface area contributed by atoms with Gasteiger partial charge in [-0.25, -0.2) is 0 Å². The van der Waals surface area contributed by atoms with Crippen molar-refractivity contribution < 1.29 is 12.6 Å². The molecule has 5 nitrogen and oxygen atoms in total. The average molecular weight is 264 g/mol. The summed E-state index contributed by atoms with van der Waals surface area (Å²) in [7, 11) is -3.74. The fourth-order valence-corrected chi connectivity index (χ4v) is 2.20. The second-order valence-electron chi connectivity index (χ2n) is 3.73. The zero-order valence-electron chi connectivity index (χ0n) is 9.78. The van der Waals surface area contributed by atoms with Gasteiger partial charge in [0.05, 0.1) is 16.8 Å². The Bertz CT molecular complexity index is 610. The topological polar surface area (TPSA) is 69.2 Å². The zero-order chi connectivity index (χ0) is 13.0. The third kappa shape index (κ3) is 3.12. The van der Waals surface area contributed by atoms with Crippen molar-refractivity contribution >= 4 is 10.1 Å². The van der Waals surface area contributed by atoms with Crippen LogP contribution in [0.3, 0.4) is 0 Å². The highest BCUT2D eigenvalue weighted by molar-refractivity contribution is 7.86. The molecule has 0 spiro atoms. The second kappa shape index (κ2) is 5.24. The molecule has 2 rings (SSSR count). The van der Waals surface area contributed by atoms with Crippen LogP contribution in [0, 0.1) is 6.92 Å². The fraction of sp³-hybridized carbons (Fsp3) is 0.167. The van der Waals surface area contributed by atoms with Crippen molar-refractivity contribution in [1.29, 1.82) is 0 Å². The maximum Gasteiger partial charge on any atom is 0.297 e. The molecule has 0 amide bonds. The first-order valence-corrected chi connectivity index (χ1v) is 6.70. The molecule has 0 unspecified atom stereocenters. The van der Waals surface area contributed by atoms with Crippen LogP contribution in [0.1, 0.15) is 11.3 Å². The minimum atomic E-state index is -3.74. The molecule has 0 aliphatic heterocycles. The van der Waals surface area contributed by atoms with E-state index >= 15 is 0 Å². The maximum absolute atomic E-state index is 11.8. The smallest absolute Gasteiger partial charge is 0.261 e. The fourth-order valence-electron chi connectivity index (χ4n) is 1.32. The zero-order valence-corrected chi connectivity index (χ0v) is 10.6. The predicted octanol–water partition coefficient (Wildman–Crippen LogP) is 1.69. The van der Waals surface area contributed by atoms with E-state index in [9.17, 15) is 8.42 Å². The summed E-state index contributed by atoms with van der Waals surface area (Å²) in [5, 5.41) is 0. The molecule has 1 heterocycles. The summed E-state index contributed by atoms with van der Waals surface area (Å²) in [6.07, 6.45) is 4.46. The van der Waals surface area contributed by atoms with Crippen LogP contribution in [0.25, 0.3) is 0 Å². The molecule has 0 fully saturated rings. The Kier molecular flexibility index (Phi) is 3.69. The van der Waals surface area contributed by atoms with Gasteiger partial charge in [-0.3, -0.25) is 14.2 Å². The Balaban J connectivity index is 2.11. The van der Waals surface area contributed by atoms with Gasteiger partial charge in [0.2, 0.25) is 0 Å². The van der Waals surface area contributed by atoms with Crippen LogP contribution >= 0.6 is 0 Å². The van der Waals surface area contributed by atoms with Crippen LogP contribution in [0.15, 0.2) is 47.8 Å². The lowest BCUT2D eigenvalue weighted by molar-refractivity contribution is 0.303. The molecule has 0 aliphatic rings. The van der Waals surface area contributed by atoms with Gasteiger partial charge < -0.3 is 0 Å². The monoisotopic (exact) mass is 264 g/mol. The van der Waals surface area contributed by atoms with E-state index in [-0.39, 0.29) is 11.5 Å². The van der Waals surface area contributed by atoms with Gasteiger partial charge in [0.1, 0.15) is 6.61 Å². The summed E-state index contributed by atoms with van der Waals surface area (Å²) >= 11 is 0. The van der Waals surface area contributed by atoms with E-state index in [1.165, 1.54) is 30.7 Å². The van der Waals surface area contributed by atoms with Gasteiger partial charge in [0.25, 0.3) is 10.1 Å². The Morgan fingerprint density at radius 3 is 2.50 bits per heavy atom. The molecular formula is C12H12N2O3S. The van der Waals surface area contributed by atoms with Gasteiger partial charge >= 0.3 is 0 Å². The standard InChI is InChI=1S/C12H12N2O3S/c1-10-2-4-12(5-3-10)18(15,16)17-9-11-8-13-6-7-14-11/h2-8H,9H2,1H3. The Labute approximate surface area is 106 Å². The van der Waals surface area contributed by atoms with Crippen LogP contribution in [0.5, 0.6) is 0 Å². The third-order valence-electron chi connectivity index (χ3n) is 2.29. The van der Waals surface area contributed by atoms with Crippen LogP contribution in [0.4, 0.5) is 0 Å². The minimum Gasteiger partial charge on any atom is -0.261 e. The van der Waals surface area contributed by atoms with Crippen LogP contribution in [0.2, 0.25) is 0 Å². The van der Waals surface area contributed by atoms with E-state index in [1.807, 2.05) is 6.92 Å². The largest absolute Gasteiger partial charge is 0.297 e. The molecule has 0 radical (unpaired) electrons. The first kappa shape index (κ1) is 12.7. The highest BCUT2D eigenvalue weighted by Crippen LogP contribution is 2.14. The quantitative estimate of drug-likeness (QED) is 0.786. The van der Waals surface area contributed by atoms with E-state index in [2.05, 4.69) is 9.97 Å². The van der Waals surface area contributed by atoms with E-state index in [0.29, 0.717) is 5.69 Å². The first-order chi connectivity index (χ1) is 8.58. The van der Waals surface area contributed by atoms with Crippen molar-refractivity contribution in [3.8, 4) is 0 Å². The number of nitrogens with zero attached hydrogens (tertiary/aromatic N) is 2. The van der Waals surface area contributed by atoms with Crippen LogP contribution in [-0.2, 0) is 20.9 Å². The van der Waals surface area contributed by atoms with Crippen molar-refractivity contribution in [2.75, 3.05) is 0 Å². The number of hydrogen-bond donors (Lipinski definition) is 0. The van der Waals surface area contributed by atoms with Crippen molar-refractivity contribution in [3.05, 3.63) is 54.1 Å². The molecule has 94 valence electrons. The van der Waals surface area contributed by atoms with Gasteiger partial charge in [0, 0.05) is 12.4 Å². The summed E-state index contributed by atoms with van der Waals surface area (Å²) in [5.41, 5.74) is 1.45. The predicted molar refractivity (Wildman–Crippen MR) is 65.2 cm³/mol. The summed E-state index contributed by atoms with van der Waals surface area (Å²) in [6, 6.07) is 6.47. The van der Waals surface area contributed by atoms with Crippen LogP contribution < -0.4 is 0 Å². The number of rotatable bonds is 4. The molecule has 1 aromatic carbocycles. The normalized spacial score (nSPS) is 11.4. The van der Waals surface area contributed by atoms with Crippen molar-refractivity contribution in [2.24, 2.45) is 0 Å². The molecule has 0 saturated carbocycles. The van der Waals surface area contributed by atoms with Gasteiger partial charge in [-0.1, -0.05) is 17.7 Å². The second-order valence-corrected chi connectivity index (χ2v) is 5.34. The third-order valence-corrected chi connectivity index (χ3v) is 3.57. The summed E-state index contributed by atoms with van der Waals surface area (Å²) in [4.78, 5) is 7.91. The number of benzene rings is 1. The molecule has 18 heavy (non-hydrogen) atoms. The maximum atomic E-state index is 11.8. The van der Waals surface area contributed by atoms with E-state index in [1.54, 1.807) is 12.1 Å². The highest BCUT2D eigenvalue weighted by Gasteiger charge is 2.15. The highest BCUT2D eigenvalue weighted by atomic mass is 32.2. The number of aryl methyl sites for hydroxylation is 1. The molecular weight excluding hydrogens is 252 g/mol. The molecule has 0 N–H and O–H groups in total. The Morgan fingerprint density at radius 1 is 1.17 bits per heavy atom.